The van der Waals surface area contributed by atoms with Crippen molar-refractivity contribution in [1.29, 1.82) is 0 Å². The van der Waals surface area contributed by atoms with Crippen molar-refractivity contribution in [2.75, 3.05) is 6.54 Å². The molecule has 2 heterocycles. The van der Waals surface area contributed by atoms with E-state index in [4.69, 9.17) is 4.52 Å². The summed E-state index contributed by atoms with van der Waals surface area (Å²) in [6.45, 7) is 2.36. The van der Waals surface area contributed by atoms with Gasteiger partial charge in [0.1, 0.15) is 17.6 Å². The number of ether oxygens (including phenoxy) is 1. The average Bonchev–Trinajstić information content (AvgIpc) is 3.28. The number of nitrogens with one attached hydrogen (secondary N) is 1. The molecule has 1 atom stereocenters. The van der Waals surface area contributed by atoms with Gasteiger partial charge in [0.15, 0.2) is 0 Å². The molecule has 0 spiro atoms. The van der Waals surface area contributed by atoms with E-state index < -0.39 is 12.4 Å². The van der Waals surface area contributed by atoms with Crippen LogP contribution in [0.25, 0.3) is 0 Å². The van der Waals surface area contributed by atoms with Gasteiger partial charge < -0.3 is 19.5 Å². The first-order chi connectivity index (χ1) is 13.7. The number of alkyl halides is 3. The van der Waals surface area contributed by atoms with Crippen molar-refractivity contribution in [2.45, 2.75) is 45.1 Å². The van der Waals surface area contributed by atoms with Crippen LogP contribution in [-0.4, -0.2) is 40.8 Å². The van der Waals surface area contributed by atoms with E-state index in [-0.39, 0.29) is 30.5 Å². The summed E-state index contributed by atoms with van der Waals surface area (Å²) in [6.07, 6.45) is -3.46. The molecule has 0 radical (unpaired) electrons. The summed E-state index contributed by atoms with van der Waals surface area (Å²) in [5.41, 5.74) is 1.29. The van der Waals surface area contributed by atoms with Crippen LogP contribution in [0, 0.1) is 6.92 Å². The SMILES string of the molecule is Cc1cc(CC(=O)N2CCCC2C(=O)NCc2ccc(OC(F)(F)F)cc2)on1. The molecule has 1 aliphatic rings. The zero-order valence-electron chi connectivity index (χ0n) is 15.7. The number of nitrogens with zero attached hydrogens (tertiary/aromatic N) is 2. The molecule has 1 aliphatic heterocycles. The molecule has 1 N–H and O–H groups in total. The first kappa shape index (κ1) is 20.7. The second-order valence-corrected chi connectivity index (χ2v) is 6.77. The highest BCUT2D eigenvalue weighted by atomic mass is 19.4. The number of halogens is 3. The van der Waals surface area contributed by atoms with E-state index in [1.807, 2.05) is 0 Å². The standard InChI is InChI=1S/C19H20F3N3O4/c1-12-9-15(29-24-12)10-17(26)25-8-2-3-16(25)18(27)23-11-13-4-6-14(7-5-13)28-19(20,21)22/h4-7,9,16H,2-3,8,10-11H2,1H3,(H,23,27). The van der Waals surface area contributed by atoms with E-state index >= 15 is 0 Å². The van der Waals surface area contributed by atoms with Gasteiger partial charge in [0.05, 0.1) is 12.1 Å². The predicted molar refractivity (Wildman–Crippen MR) is 94.7 cm³/mol. The molecule has 0 aliphatic carbocycles. The molecule has 156 valence electrons. The number of aryl methyl sites for hydroxylation is 1. The van der Waals surface area contributed by atoms with Crippen LogP contribution in [0.15, 0.2) is 34.9 Å². The zero-order chi connectivity index (χ0) is 21.0. The molecule has 1 aromatic carbocycles. The van der Waals surface area contributed by atoms with Crippen molar-refractivity contribution in [3.05, 3.63) is 47.3 Å². The maximum Gasteiger partial charge on any atom is 0.573 e. The second-order valence-electron chi connectivity index (χ2n) is 6.77. The molecule has 2 aromatic rings. The first-order valence-corrected chi connectivity index (χ1v) is 9.05. The Hall–Kier alpha value is -3.04. The lowest BCUT2D eigenvalue weighted by Crippen LogP contribution is -2.46. The summed E-state index contributed by atoms with van der Waals surface area (Å²) in [5.74, 6) is -0.407. The largest absolute Gasteiger partial charge is 0.573 e. The highest BCUT2D eigenvalue weighted by Crippen LogP contribution is 2.23. The Morgan fingerprint density at radius 1 is 1.31 bits per heavy atom. The van der Waals surface area contributed by atoms with Crippen molar-refractivity contribution < 1.29 is 32.0 Å². The molecule has 29 heavy (non-hydrogen) atoms. The van der Waals surface area contributed by atoms with E-state index in [1.54, 1.807) is 13.0 Å². The van der Waals surface area contributed by atoms with Crippen LogP contribution in [0.4, 0.5) is 13.2 Å². The quantitative estimate of drug-likeness (QED) is 0.790. The number of rotatable bonds is 6. The minimum atomic E-state index is -4.75. The average molecular weight is 411 g/mol. The van der Waals surface area contributed by atoms with Crippen LogP contribution in [0.3, 0.4) is 0 Å². The molecule has 1 fully saturated rings. The Bertz CT molecular complexity index is 864. The Kier molecular flexibility index (Phi) is 6.09. The first-order valence-electron chi connectivity index (χ1n) is 9.05. The number of likely N-dealkylation sites (tertiary alicyclic amines) is 1. The molecule has 1 saturated heterocycles. The minimum absolute atomic E-state index is 0.0330. The smallest absolute Gasteiger partial charge is 0.406 e. The molecular formula is C19H20F3N3O4. The van der Waals surface area contributed by atoms with Crippen LogP contribution in [0.5, 0.6) is 5.75 Å². The topological polar surface area (TPSA) is 84.7 Å². The highest BCUT2D eigenvalue weighted by Gasteiger charge is 2.34. The lowest BCUT2D eigenvalue weighted by molar-refractivity contribution is -0.274. The van der Waals surface area contributed by atoms with E-state index in [9.17, 15) is 22.8 Å². The van der Waals surface area contributed by atoms with E-state index in [0.29, 0.717) is 36.4 Å². The normalized spacial score (nSPS) is 16.7. The summed E-state index contributed by atoms with van der Waals surface area (Å²) in [7, 11) is 0. The van der Waals surface area contributed by atoms with Crippen LogP contribution in [0.2, 0.25) is 0 Å². The molecule has 10 heteroatoms. The lowest BCUT2D eigenvalue weighted by Gasteiger charge is -2.23. The maximum absolute atomic E-state index is 12.5. The summed E-state index contributed by atoms with van der Waals surface area (Å²) < 4.78 is 45.4. The van der Waals surface area contributed by atoms with Crippen LogP contribution in [-0.2, 0) is 22.6 Å². The number of aromatic nitrogens is 1. The Labute approximate surface area is 164 Å². The van der Waals surface area contributed by atoms with Crippen molar-refractivity contribution in [3.63, 3.8) is 0 Å². The number of carbonyl (C=O) groups is 2. The highest BCUT2D eigenvalue weighted by molar-refractivity contribution is 5.88. The number of benzene rings is 1. The number of hydrogen-bond donors (Lipinski definition) is 1. The fourth-order valence-corrected chi connectivity index (χ4v) is 3.20. The van der Waals surface area contributed by atoms with Gasteiger partial charge in [0.2, 0.25) is 11.8 Å². The Morgan fingerprint density at radius 3 is 2.66 bits per heavy atom. The fraction of sp³-hybridized carbons (Fsp3) is 0.421. The molecule has 1 aromatic heterocycles. The third kappa shape index (κ3) is 5.72. The zero-order valence-corrected chi connectivity index (χ0v) is 15.7. The monoisotopic (exact) mass is 411 g/mol. The van der Waals surface area contributed by atoms with Gasteiger partial charge in [-0.25, -0.2) is 0 Å². The van der Waals surface area contributed by atoms with Gasteiger partial charge in [-0.05, 0) is 37.5 Å². The molecule has 3 rings (SSSR count). The van der Waals surface area contributed by atoms with Crippen LogP contribution < -0.4 is 10.1 Å². The van der Waals surface area contributed by atoms with E-state index in [0.717, 1.165) is 0 Å². The van der Waals surface area contributed by atoms with E-state index in [1.165, 1.54) is 29.2 Å². The minimum Gasteiger partial charge on any atom is -0.406 e. The summed E-state index contributed by atoms with van der Waals surface area (Å²) in [4.78, 5) is 26.6. The third-order valence-electron chi connectivity index (χ3n) is 4.50. The molecule has 0 bridgehead atoms. The predicted octanol–water partition coefficient (Wildman–Crippen LogP) is 2.73. The van der Waals surface area contributed by atoms with Crippen molar-refractivity contribution >= 4 is 11.8 Å². The van der Waals surface area contributed by atoms with Gasteiger partial charge in [-0.1, -0.05) is 17.3 Å². The Morgan fingerprint density at radius 2 is 2.03 bits per heavy atom. The summed E-state index contributed by atoms with van der Waals surface area (Å²) in [5, 5.41) is 6.47. The maximum atomic E-state index is 12.5. The van der Waals surface area contributed by atoms with Crippen LogP contribution >= 0.6 is 0 Å². The van der Waals surface area contributed by atoms with Gasteiger partial charge in [-0.2, -0.15) is 0 Å². The Balaban J connectivity index is 1.53. The van der Waals surface area contributed by atoms with Crippen molar-refractivity contribution in [3.8, 4) is 5.75 Å². The van der Waals surface area contributed by atoms with Gasteiger partial charge in [-0.15, -0.1) is 13.2 Å². The summed E-state index contributed by atoms with van der Waals surface area (Å²) >= 11 is 0. The van der Waals surface area contributed by atoms with Crippen molar-refractivity contribution in [1.82, 2.24) is 15.4 Å². The van der Waals surface area contributed by atoms with Gasteiger partial charge >= 0.3 is 6.36 Å². The molecule has 2 amide bonds. The van der Waals surface area contributed by atoms with Gasteiger partial charge in [-0.3, -0.25) is 9.59 Å². The number of carbonyl (C=O) groups excluding carboxylic acids is 2. The number of hydrogen-bond acceptors (Lipinski definition) is 5. The lowest BCUT2D eigenvalue weighted by atomic mass is 10.1. The molecule has 0 saturated carbocycles. The third-order valence-corrected chi connectivity index (χ3v) is 4.50. The van der Waals surface area contributed by atoms with Crippen molar-refractivity contribution in [2.24, 2.45) is 0 Å². The second kappa shape index (κ2) is 8.54. The molecule has 1 unspecified atom stereocenters. The number of amides is 2. The molecular weight excluding hydrogens is 391 g/mol. The van der Waals surface area contributed by atoms with Gasteiger partial charge in [0, 0.05) is 19.2 Å². The van der Waals surface area contributed by atoms with E-state index in [2.05, 4.69) is 15.2 Å². The summed E-state index contributed by atoms with van der Waals surface area (Å²) in [6, 6.07) is 6.32. The van der Waals surface area contributed by atoms with Gasteiger partial charge in [0.25, 0.3) is 0 Å². The molecule has 7 nitrogen and oxygen atoms in total. The van der Waals surface area contributed by atoms with Crippen LogP contribution in [0.1, 0.15) is 29.9 Å². The fourth-order valence-electron chi connectivity index (χ4n) is 3.20.